The fourth-order valence-electron chi connectivity index (χ4n) is 3.14. The molecule has 0 unspecified atom stereocenters. The van der Waals surface area contributed by atoms with Crippen LogP contribution in [0.5, 0.6) is 5.75 Å². The van der Waals surface area contributed by atoms with Crippen molar-refractivity contribution < 1.29 is 9.53 Å². The van der Waals surface area contributed by atoms with Gasteiger partial charge in [-0.2, -0.15) is 0 Å². The molecule has 0 radical (unpaired) electrons. The zero-order valence-corrected chi connectivity index (χ0v) is 17.6. The van der Waals surface area contributed by atoms with Crippen molar-refractivity contribution in [3.63, 3.8) is 0 Å². The lowest BCUT2D eigenvalue weighted by atomic mass is 10.1. The van der Waals surface area contributed by atoms with Crippen molar-refractivity contribution in [1.82, 2.24) is 15.0 Å². The zero-order valence-electron chi connectivity index (χ0n) is 16.0. The Bertz CT molecular complexity index is 1200. The molecule has 4 aromatic rings. The van der Waals surface area contributed by atoms with E-state index in [0.29, 0.717) is 17.6 Å². The number of hydrogen-bond acceptors (Lipinski definition) is 4. The molecule has 0 aliphatic rings. The van der Waals surface area contributed by atoms with Crippen LogP contribution in [-0.4, -0.2) is 28.0 Å². The number of nitrogens with one attached hydrogen (secondary N) is 1. The van der Waals surface area contributed by atoms with Gasteiger partial charge in [-0.15, -0.1) is 5.10 Å². The molecule has 146 valence electrons. The van der Waals surface area contributed by atoms with E-state index in [1.54, 1.807) is 19.2 Å². The van der Waals surface area contributed by atoms with Crippen molar-refractivity contribution in [3.8, 4) is 5.75 Å². The van der Waals surface area contributed by atoms with E-state index in [9.17, 15) is 4.79 Å². The minimum atomic E-state index is -0.181. The van der Waals surface area contributed by atoms with Crippen molar-refractivity contribution >= 4 is 38.6 Å². The van der Waals surface area contributed by atoms with Gasteiger partial charge in [-0.05, 0) is 66.6 Å². The molecule has 0 bridgehead atoms. The van der Waals surface area contributed by atoms with E-state index in [2.05, 4.69) is 31.6 Å². The molecule has 0 saturated heterocycles. The number of fused-ring (bicyclic) bond motifs is 1. The van der Waals surface area contributed by atoms with E-state index in [4.69, 9.17) is 4.74 Å². The molecule has 1 heterocycles. The molecule has 0 saturated carbocycles. The summed E-state index contributed by atoms with van der Waals surface area (Å²) in [4.78, 5) is 12.7. The normalized spacial score (nSPS) is 10.9. The lowest BCUT2D eigenvalue weighted by Gasteiger charge is -2.09. The van der Waals surface area contributed by atoms with Crippen LogP contribution in [0.1, 0.15) is 21.5 Å². The molecule has 0 fully saturated rings. The fraction of sp³-hybridized carbons (Fsp3) is 0.136. The molecule has 1 N–H and O–H groups in total. The molecule has 4 rings (SSSR count). The lowest BCUT2D eigenvalue weighted by molar-refractivity contribution is 0.102. The van der Waals surface area contributed by atoms with Gasteiger partial charge in [-0.1, -0.05) is 33.3 Å². The van der Waals surface area contributed by atoms with Gasteiger partial charge in [0.05, 0.1) is 19.2 Å². The Morgan fingerprint density at radius 2 is 2.00 bits per heavy atom. The summed E-state index contributed by atoms with van der Waals surface area (Å²) in [5.41, 5.74) is 4.90. The van der Waals surface area contributed by atoms with Crippen LogP contribution in [0, 0.1) is 6.92 Å². The first kappa shape index (κ1) is 19.1. The van der Waals surface area contributed by atoms with Crippen LogP contribution in [0.2, 0.25) is 0 Å². The van der Waals surface area contributed by atoms with Crippen LogP contribution in [0.15, 0.2) is 65.1 Å². The second-order valence-electron chi connectivity index (χ2n) is 6.72. The summed E-state index contributed by atoms with van der Waals surface area (Å²) in [6.07, 6.45) is 0. The average Bonchev–Trinajstić information content (AvgIpc) is 3.12. The summed E-state index contributed by atoms with van der Waals surface area (Å²) in [6.45, 7) is 2.52. The molecular formula is C22H19BrN4O2. The van der Waals surface area contributed by atoms with Gasteiger partial charge >= 0.3 is 0 Å². The first-order chi connectivity index (χ1) is 14.0. The minimum Gasteiger partial charge on any atom is -0.497 e. The van der Waals surface area contributed by atoms with Crippen molar-refractivity contribution in [2.45, 2.75) is 13.5 Å². The van der Waals surface area contributed by atoms with Gasteiger partial charge < -0.3 is 10.1 Å². The third kappa shape index (κ3) is 4.14. The first-order valence-corrected chi connectivity index (χ1v) is 9.86. The van der Waals surface area contributed by atoms with Crippen molar-refractivity contribution in [1.29, 1.82) is 0 Å². The molecule has 3 aromatic carbocycles. The number of rotatable bonds is 5. The quantitative estimate of drug-likeness (QED) is 0.473. The van der Waals surface area contributed by atoms with Gasteiger partial charge in [0.15, 0.2) is 0 Å². The molecule has 0 atom stereocenters. The number of halogens is 1. The molecule has 7 heteroatoms. The number of nitrogens with zero attached hydrogens (tertiary/aromatic N) is 3. The summed E-state index contributed by atoms with van der Waals surface area (Å²) in [5.74, 6) is 0.619. The maximum atomic E-state index is 12.7. The van der Waals surface area contributed by atoms with E-state index >= 15 is 0 Å². The average molecular weight is 451 g/mol. The van der Waals surface area contributed by atoms with Crippen LogP contribution in [-0.2, 0) is 6.54 Å². The van der Waals surface area contributed by atoms with Gasteiger partial charge in [0.1, 0.15) is 11.3 Å². The monoisotopic (exact) mass is 450 g/mol. The molecule has 6 nitrogen and oxygen atoms in total. The Kier molecular flexibility index (Phi) is 5.31. The molecule has 0 aliphatic carbocycles. The highest BCUT2D eigenvalue weighted by molar-refractivity contribution is 9.10. The number of amides is 1. The number of carbonyl (C=O) groups is 1. The minimum absolute atomic E-state index is 0.181. The van der Waals surface area contributed by atoms with Gasteiger partial charge in [-0.3, -0.25) is 4.79 Å². The predicted molar refractivity (Wildman–Crippen MR) is 116 cm³/mol. The number of aryl methyl sites for hydroxylation is 1. The van der Waals surface area contributed by atoms with Crippen LogP contribution in [0.4, 0.5) is 5.69 Å². The first-order valence-electron chi connectivity index (χ1n) is 9.07. The largest absolute Gasteiger partial charge is 0.497 e. The van der Waals surface area contributed by atoms with E-state index in [0.717, 1.165) is 32.6 Å². The summed E-state index contributed by atoms with van der Waals surface area (Å²) < 4.78 is 8.06. The highest BCUT2D eigenvalue weighted by Crippen LogP contribution is 2.22. The Morgan fingerprint density at radius 1 is 1.14 bits per heavy atom. The van der Waals surface area contributed by atoms with E-state index in [1.807, 2.05) is 60.1 Å². The van der Waals surface area contributed by atoms with E-state index < -0.39 is 0 Å². The molecule has 0 aliphatic heterocycles. The van der Waals surface area contributed by atoms with Crippen molar-refractivity contribution in [3.05, 3.63) is 81.8 Å². The second-order valence-corrected chi connectivity index (χ2v) is 7.63. The number of ether oxygens (including phenoxy) is 1. The summed E-state index contributed by atoms with van der Waals surface area (Å²) in [7, 11) is 1.65. The van der Waals surface area contributed by atoms with Crippen LogP contribution < -0.4 is 10.1 Å². The number of benzene rings is 3. The second kappa shape index (κ2) is 8.05. The van der Waals surface area contributed by atoms with Crippen LogP contribution in [0.25, 0.3) is 11.0 Å². The SMILES string of the molecule is COc1cccc(Cn2nnc3cc(C(=O)Nc4ccc(Br)cc4C)ccc32)c1. The number of carbonyl (C=O) groups excluding carboxylic acids is 1. The molecule has 0 spiro atoms. The van der Waals surface area contributed by atoms with E-state index in [1.165, 1.54) is 0 Å². The van der Waals surface area contributed by atoms with E-state index in [-0.39, 0.29) is 5.91 Å². The molecular weight excluding hydrogens is 432 g/mol. The third-order valence-electron chi connectivity index (χ3n) is 4.68. The van der Waals surface area contributed by atoms with Gasteiger partial charge in [0, 0.05) is 15.7 Å². The maximum absolute atomic E-state index is 12.7. The Morgan fingerprint density at radius 3 is 2.79 bits per heavy atom. The topological polar surface area (TPSA) is 69.0 Å². The molecule has 29 heavy (non-hydrogen) atoms. The van der Waals surface area contributed by atoms with Gasteiger partial charge in [-0.25, -0.2) is 4.68 Å². The predicted octanol–water partition coefficient (Wildman–Crippen LogP) is 4.81. The van der Waals surface area contributed by atoms with Crippen molar-refractivity contribution in [2.75, 3.05) is 12.4 Å². The lowest BCUT2D eigenvalue weighted by Crippen LogP contribution is -2.12. The Labute approximate surface area is 176 Å². The number of aromatic nitrogens is 3. The molecule has 1 aromatic heterocycles. The number of anilines is 1. The van der Waals surface area contributed by atoms with Crippen LogP contribution in [0.3, 0.4) is 0 Å². The number of methoxy groups -OCH3 is 1. The summed E-state index contributed by atoms with van der Waals surface area (Å²) in [5, 5.41) is 11.4. The smallest absolute Gasteiger partial charge is 0.255 e. The van der Waals surface area contributed by atoms with Crippen molar-refractivity contribution in [2.24, 2.45) is 0 Å². The highest BCUT2D eigenvalue weighted by Gasteiger charge is 2.12. The third-order valence-corrected chi connectivity index (χ3v) is 5.17. The highest BCUT2D eigenvalue weighted by atomic mass is 79.9. The van der Waals surface area contributed by atoms with Gasteiger partial charge in [0.25, 0.3) is 5.91 Å². The Balaban J connectivity index is 1.56. The molecule has 1 amide bonds. The summed E-state index contributed by atoms with van der Waals surface area (Å²) in [6, 6.07) is 19.0. The number of hydrogen-bond donors (Lipinski definition) is 1. The maximum Gasteiger partial charge on any atom is 0.255 e. The van der Waals surface area contributed by atoms with Gasteiger partial charge in [0.2, 0.25) is 0 Å². The summed E-state index contributed by atoms with van der Waals surface area (Å²) >= 11 is 3.43. The van der Waals surface area contributed by atoms with Crippen LogP contribution >= 0.6 is 15.9 Å². The standard InChI is InChI=1S/C22H19BrN4O2/c1-14-10-17(23)7-8-19(14)24-22(28)16-6-9-21-20(12-16)25-26-27(21)13-15-4-3-5-18(11-15)29-2/h3-12H,13H2,1-2H3,(H,24,28). The Hall–Kier alpha value is -3.19. The fourth-order valence-corrected chi connectivity index (χ4v) is 3.61. The zero-order chi connectivity index (χ0) is 20.4.